The van der Waals surface area contributed by atoms with Gasteiger partial charge in [0.05, 0.1) is 115 Å². The second kappa shape index (κ2) is 38.4. The number of ether oxygens (including phenoxy) is 12. The van der Waals surface area contributed by atoms with Crippen LogP contribution in [-0.4, -0.2) is 151 Å². The molecule has 5 fully saturated rings. The minimum absolute atomic E-state index is 0.0138. The van der Waals surface area contributed by atoms with Gasteiger partial charge in [-0.3, -0.25) is 38.4 Å². The van der Waals surface area contributed by atoms with Crippen LogP contribution in [-0.2, 0) is 95.2 Å². The largest absolute Gasteiger partial charge is 0.466 e. The molecule has 1 saturated carbocycles. The number of carbonyl (C=O) groups is 8. The van der Waals surface area contributed by atoms with Crippen molar-refractivity contribution in [2.75, 3.05) is 72.7 Å². The quantitative estimate of drug-likeness (QED) is 0.0242. The van der Waals surface area contributed by atoms with Crippen LogP contribution < -0.4 is 0 Å². The second-order valence-electron chi connectivity index (χ2n) is 23.0. The SMILES string of the molecule is CC1CCC(COC(=O)CCCCCOC(=O)CC(C(=O)OCCCCCC(=O)OCC2CCOC(C)C2)C(CC(=O)OCCCCCC(=O)OCC2CCOC(C)C2)C(=O)OCCCCCC(=O)OCC2CCC3OC3C2)CO1. The molecule has 456 valence electrons. The molecule has 1 aliphatic carbocycles. The molecule has 0 radical (unpaired) electrons. The smallest absolute Gasteiger partial charge is 0.310 e. The van der Waals surface area contributed by atoms with Crippen molar-refractivity contribution < 1.29 is 95.2 Å². The van der Waals surface area contributed by atoms with E-state index in [9.17, 15) is 38.4 Å². The lowest BCUT2D eigenvalue weighted by molar-refractivity contribution is -0.167. The Morgan fingerprint density at radius 1 is 0.362 bits per heavy atom. The highest BCUT2D eigenvalue weighted by molar-refractivity contribution is 5.88. The summed E-state index contributed by atoms with van der Waals surface area (Å²) in [4.78, 5) is 105. The van der Waals surface area contributed by atoms with E-state index >= 15 is 0 Å². The van der Waals surface area contributed by atoms with Crippen molar-refractivity contribution in [2.24, 2.45) is 35.5 Å². The molecule has 11 unspecified atom stereocenters. The first-order chi connectivity index (χ1) is 38.7. The van der Waals surface area contributed by atoms with Gasteiger partial charge in [-0.2, -0.15) is 0 Å². The summed E-state index contributed by atoms with van der Waals surface area (Å²) in [6, 6.07) is 0. The van der Waals surface area contributed by atoms with E-state index in [1.54, 1.807) is 0 Å². The highest BCUT2D eigenvalue weighted by Crippen LogP contribution is 2.39. The average molecular weight is 1140 g/mol. The first-order valence-electron chi connectivity index (χ1n) is 30.5. The standard InChI is InChI=1S/C60H96O20/c1-42-20-21-48(40-75-42)41-79-56(64)19-9-5-13-27-72-58(66)36-50(60(68)74-29-15-7-11-18-55(63)78-39-47-25-31-70-44(3)33-47)49(35-57(65)71-26-12-4-8-16-54(62)77-38-46-24-30-69-43(2)32-46)59(67)73-28-14-6-10-17-53(61)76-37-45-22-23-51-52(34-45)80-51/h42-52H,4-41H2,1-3H3. The summed E-state index contributed by atoms with van der Waals surface area (Å²) in [6.45, 7) is 9.12. The second-order valence-corrected chi connectivity index (χ2v) is 23.0. The molecule has 4 heterocycles. The summed E-state index contributed by atoms with van der Waals surface area (Å²) in [5, 5.41) is 0. The topological polar surface area (TPSA) is 251 Å². The fourth-order valence-electron chi connectivity index (χ4n) is 10.7. The Morgan fingerprint density at radius 3 is 1.14 bits per heavy atom. The number of hydrogen-bond donors (Lipinski definition) is 0. The summed E-state index contributed by atoms with van der Waals surface area (Å²) in [7, 11) is 0. The molecule has 0 aromatic carbocycles. The molecule has 4 saturated heterocycles. The van der Waals surface area contributed by atoms with Crippen LogP contribution in [0.5, 0.6) is 0 Å². The highest BCUT2D eigenvalue weighted by Gasteiger charge is 2.44. The van der Waals surface area contributed by atoms with Crippen LogP contribution in [0.15, 0.2) is 0 Å². The van der Waals surface area contributed by atoms with Crippen molar-refractivity contribution in [3.8, 4) is 0 Å². The maximum absolute atomic E-state index is 14.0. The van der Waals surface area contributed by atoms with Crippen molar-refractivity contribution >= 4 is 47.8 Å². The van der Waals surface area contributed by atoms with Gasteiger partial charge in [0.1, 0.15) is 0 Å². The average Bonchev–Trinajstić information content (AvgIpc) is 4.23. The third-order valence-corrected chi connectivity index (χ3v) is 15.8. The molecule has 80 heavy (non-hydrogen) atoms. The predicted molar refractivity (Wildman–Crippen MR) is 288 cm³/mol. The van der Waals surface area contributed by atoms with Crippen molar-refractivity contribution in [2.45, 2.75) is 225 Å². The van der Waals surface area contributed by atoms with Crippen molar-refractivity contribution in [3.05, 3.63) is 0 Å². The molecule has 0 aromatic rings. The normalized spacial score (nSPS) is 25.1. The highest BCUT2D eigenvalue weighted by atomic mass is 16.6. The van der Waals surface area contributed by atoms with Gasteiger partial charge in [0.25, 0.3) is 0 Å². The molecule has 0 N–H and O–H groups in total. The van der Waals surface area contributed by atoms with Crippen molar-refractivity contribution in [3.63, 3.8) is 0 Å². The van der Waals surface area contributed by atoms with Gasteiger partial charge in [-0.05, 0) is 173 Å². The summed E-state index contributed by atoms with van der Waals surface area (Å²) < 4.78 is 66.8. The monoisotopic (exact) mass is 1140 g/mol. The molecule has 5 aliphatic rings. The zero-order valence-corrected chi connectivity index (χ0v) is 48.4. The Morgan fingerprint density at radius 2 is 0.750 bits per heavy atom. The van der Waals surface area contributed by atoms with E-state index in [0.29, 0.717) is 141 Å². The summed E-state index contributed by atoms with van der Waals surface area (Å²) in [6.07, 6.45) is 14.7. The van der Waals surface area contributed by atoms with Gasteiger partial charge >= 0.3 is 47.8 Å². The van der Waals surface area contributed by atoms with E-state index < -0.39 is 48.6 Å². The molecule has 20 nitrogen and oxygen atoms in total. The molecule has 0 amide bonds. The van der Waals surface area contributed by atoms with E-state index in [1.165, 1.54) is 0 Å². The number of carbonyl (C=O) groups excluding carboxylic acids is 8. The van der Waals surface area contributed by atoms with Crippen LogP contribution >= 0.6 is 0 Å². The minimum atomic E-state index is -1.48. The Labute approximate surface area is 474 Å². The van der Waals surface area contributed by atoms with Crippen molar-refractivity contribution in [1.82, 2.24) is 0 Å². The fraction of sp³-hybridized carbons (Fsp3) is 0.867. The van der Waals surface area contributed by atoms with Crippen LogP contribution in [0.4, 0.5) is 0 Å². The van der Waals surface area contributed by atoms with E-state index in [-0.39, 0.29) is 112 Å². The van der Waals surface area contributed by atoms with E-state index in [1.807, 2.05) is 20.8 Å². The molecule has 0 aromatic heterocycles. The van der Waals surface area contributed by atoms with Crippen LogP contribution in [0.3, 0.4) is 0 Å². The maximum Gasteiger partial charge on any atom is 0.310 e. The Balaban J connectivity index is 1.10. The third-order valence-electron chi connectivity index (χ3n) is 15.8. The summed E-state index contributed by atoms with van der Waals surface area (Å²) in [5.74, 6) is -6.51. The molecular formula is C60H96O20. The van der Waals surface area contributed by atoms with Crippen LogP contribution in [0, 0.1) is 35.5 Å². The molecule has 20 heteroatoms. The van der Waals surface area contributed by atoms with E-state index in [2.05, 4.69) is 0 Å². The molecule has 0 spiro atoms. The number of esters is 8. The number of rotatable bonds is 39. The Kier molecular flexibility index (Phi) is 31.9. The Bertz CT molecular complexity index is 1870. The van der Waals surface area contributed by atoms with Gasteiger partial charge in [0.15, 0.2) is 0 Å². The molecule has 11 atom stereocenters. The van der Waals surface area contributed by atoms with E-state index in [0.717, 1.165) is 57.8 Å². The molecule has 0 bridgehead atoms. The number of unbranched alkanes of at least 4 members (excludes halogenated alkanes) is 8. The Hall–Kier alpha value is -4.40. The zero-order valence-electron chi connectivity index (χ0n) is 48.4. The number of fused-ring (bicyclic) bond motifs is 1. The number of hydrogen-bond acceptors (Lipinski definition) is 20. The van der Waals surface area contributed by atoms with Gasteiger partial charge in [-0.1, -0.05) is 0 Å². The first kappa shape index (κ1) is 66.4. The lowest BCUT2D eigenvalue weighted by atomic mass is 9.86. The van der Waals surface area contributed by atoms with Crippen molar-refractivity contribution in [1.29, 1.82) is 0 Å². The minimum Gasteiger partial charge on any atom is -0.466 e. The van der Waals surface area contributed by atoms with Gasteiger partial charge in [-0.15, -0.1) is 0 Å². The van der Waals surface area contributed by atoms with Gasteiger partial charge in [0, 0.05) is 44.8 Å². The lowest BCUT2D eigenvalue weighted by Crippen LogP contribution is -2.36. The summed E-state index contributed by atoms with van der Waals surface area (Å²) in [5.41, 5.74) is 0. The zero-order chi connectivity index (χ0) is 57.3. The van der Waals surface area contributed by atoms with E-state index in [4.69, 9.17) is 56.8 Å². The third kappa shape index (κ3) is 28.5. The van der Waals surface area contributed by atoms with Crippen LogP contribution in [0.25, 0.3) is 0 Å². The lowest BCUT2D eigenvalue weighted by Gasteiger charge is -2.26. The van der Waals surface area contributed by atoms with Crippen LogP contribution in [0.2, 0.25) is 0 Å². The maximum atomic E-state index is 14.0. The molecule has 5 rings (SSSR count). The molecular weight excluding hydrogens is 1040 g/mol. The number of epoxide rings is 1. The summed E-state index contributed by atoms with van der Waals surface area (Å²) >= 11 is 0. The van der Waals surface area contributed by atoms with Gasteiger partial charge in [-0.25, -0.2) is 0 Å². The van der Waals surface area contributed by atoms with Gasteiger partial charge in [0.2, 0.25) is 0 Å². The predicted octanol–water partition coefficient (Wildman–Crippen LogP) is 8.60. The molecule has 4 aliphatic heterocycles. The fourth-order valence-corrected chi connectivity index (χ4v) is 10.7. The van der Waals surface area contributed by atoms with Crippen LogP contribution in [0.1, 0.15) is 194 Å². The van der Waals surface area contributed by atoms with Gasteiger partial charge < -0.3 is 56.8 Å². The first-order valence-corrected chi connectivity index (χ1v) is 30.5.